The Balaban J connectivity index is 2.27. The van der Waals surface area contributed by atoms with Gasteiger partial charge >= 0.3 is 0 Å². The maximum atomic E-state index is 6.28. The average molecular weight is 288 g/mol. The van der Waals surface area contributed by atoms with Crippen LogP contribution in [0.5, 0.6) is 0 Å². The van der Waals surface area contributed by atoms with E-state index in [9.17, 15) is 0 Å². The number of benzene rings is 2. The smallest absolute Gasteiger partial charge is 0.0438 e. The van der Waals surface area contributed by atoms with Gasteiger partial charge in [0.15, 0.2) is 0 Å². The van der Waals surface area contributed by atoms with Crippen LogP contribution in [0.1, 0.15) is 35.2 Å². The van der Waals surface area contributed by atoms with Gasteiger partial charge in [0.25, 0.3) is 0 Å². The van der Waals surface area contributed by atoms with E-state index in [-0.39, 0.29) is 0 Å². The minimum atomic E-state index is 0.305. The van der Waals surface area contributed by atoms with E-state index < -0.39 is 0 Å². The first kappa shape index (κ1) is 15.1. The van der Waals surface area contributed by atoms with E-state index in [4.69, 9.17) is 11.6 Å². The fourth-order valence-corrected chi connectivity index (χ4v) is 2.63. The molecule has 0 saturated heterocycles. The highest BCUT2D eigenvalue weighted by Crippen LogP contribution is 2.24. The van der Waals surface area contributed by atoms with Crippen molar-refractivity contribution in [3.8, 4) is 0 Å². The zero-order valence-electron chi connectivity index (χ0n) is 12.4. The lowest BCUT2D eigenvalue weighted by atomic mass is 9.96. The first-order valence-corrected chi connectivity index (χ1v) is 7.53. The topological polar surface area (TPSA) is 12.0 Å². The summed E-state index contributed by atoms with van der Waals surface area (Å²) >= 11 is 6.28. The lowest BCUT2D eigenvalue weighted by molar-refractivity contribution is 0.549. The van der Waals surface area contributed by atoms with Crippen molar-refractivity contribution in [2.45, 2.75) is 33.2 Å². The highest BCUT2D eigenvalue weighted by molar-refractivity contribution is 6.31. The third-order valence-corrected chi connectivity index (χ3v) is 4.13. The van der Waals surface area contributed by atoms with Gasteiger partial charge in [-0.15, -0.1) is 0 Å². The van der Waals surface area contributed by atoms with E-state index in [0.29, 0.717) is 6.04 Å². The molecule has 0 radical (unpaired) electrons. The van der Waals surface area contributed by atoms with E-state index in [0.717, 1.165) is 18.0 Å². The van der Waals surface area contributed by atoms with Crippen LogP contribution >= 0.6 is 11.6 Å². The molecule has 0 heterocycles. The second-order valence-electron chi connectivity index (χ2n) is 5.25. The van der Waals surface area contributed by atoms with Crippen LogP contribution in [0.15, 0.2) is 42.5 Å². The van der Waals surface area contributed by atoms with Crippen LogP contribution in [0, 0.1) is 13.8 Å². The summed E-state index contributed by atoms with van der Waals surface area (Å²) in [6, 6.07) is 15.1. The van der Waals surface area contributed by atoms with E-state index in [1.165, 1.54) is 22.3 Å². The van der Waals surface area contributed by atoms with Crippen LogP contribution in [-0.4, -0.2) is 6.54 Å². The second kappa shape index (κ2) is 6.92. The zero-order chi connectivity index (χ0) is 14.5. The Labute approximate surface area is 127 Å². The van der Waals surface area contributed by atoms with E-state index >= 15 is 0 Å². The van der Waals surface area contributed by atoms with Crippen molar-refractivity contribution in [2.75, 3.05) is 6.54 Å². The molecule has 1 N–H and O–H groups in total. The van der Waals surface area contributed by atoms with E-state index in [2.05, 4.69) is 50.4 Å². The van der Waals surface area contributed by atoms with Crippen LogP contribution in [0.4, 0.5) is 0 Å². The Kier molecular flexibility index (Phi) is 5.22. The molecule has 2 aromatic rings. The van der Waals surface area contributed by atoms with Crippen LogP contribution in [0.25, 0.3) is 0 Å². The third kappa shape index (κ3) is 3.62. The van der Waals surface area contributed by atoms with Crippen molar-refractivity contribution in [2.24, 2.45) is 0 Å². The average Bonchev–Trinajstić information content (AvgIpc) is 2.44. The van der Waals surface area contributed by atoms with Gasteiger partial charge in [0, 0.05) is 11.1 Å². The molecule has 2 rings (SSSR count). The number of aryl methyl sites for hydroxylation is 2. The number of rotatable bonds is 5. The Morgan fingerprint density at radius 2 is 1.80 bits per heavy atom. The molecule has 0 fully saturated rings. The van der Waals surface area contributed by atoms with Crippen molar-refractivity contribution in [1.82, 2.24) is 5.32 Å². The van der Waals surface area contributed by atoms with Gasteiger partial charge in [0.1, 0.15) is 0 Å². The monoisotopic (exact) mass is 287 g/mol. The molecule has 0 aromatic heterocycles. The van der Waals surface area contributed by atoms with Crippen LogP contribution < -0.4 is 5.32 Å². The van der Waals surface area contributed by atoms with E-state index in [1.54, 1.807) is 0 Å². The van der Waals surface area contributed by atoms with Crippen LogP contribution in [0.2, 0.25) is 5.02 Å². The van der Waals surface area contributed by atoms with Gasteiger partial charge in [-0.05, 0) is 55.1 Å². The van der Waals surface area contributed by atoms with Crippen molar-refractivity contribution < 1.29 is 0 Å². The predicted octanol–water partition coefficient (Wildman–Crippen LogP) is 4.85. The molecule has 1 nitrogen and oxygen atoms in total. The second-order valence-corrected chi connectivity index (χ2v) is 5.66. The summed E-state index contributed by atoms with van der Waals surface area (Å²) in [5.41, 5.74) is 5.19. The Hall–Kier alpha value is -1.31. The molecule has 20 heavy (non-hydrogen) atoms. The lowest BCUT2D eigenvalue weighted by Crippen LogP contribution is -2.23. The summed E-state index contributed by atoms with van der Waals surface area (Å²) in [6.07, 6.45) is 0.913. The molecule has 0 aliphatic heterocycles. The summed E-state index contributed by atoms with van der Waals surface area (Å²) in [5.74, 6) is 0. The molecule has 1 atom stereocenters. The molecule has 0 amide bonds. The maximum absolute atomic E-state index is 6.28. The van der Waals surface area contributed by atoms with Crippen molar-refractivity contribution in [3.63, 3.8) is 0 Å². The highest BCUT2D eigenvalue weighted by atomic mass is 35.5. The molecule has 1 unspecified atom stereocenters. The highest BCUT2D eigenvalue weighted by Gasteiger charge is 2.13. The Morgan fingerprint density at radius 1 is 1.05 bits per heavy atom. The van der Waals surface area contributed by atoms with Crippen molar-refractivity contribution >= 4 is 11.6 Å². The summed E-state index contributed by atoms with van der Waals surface area (Å²) in [4.78, 5) is 0. The minimum Gasteiger partial charge on any atom is -0.310 e. The zero-order valence-corrected chi connectivity index (χ0v) is 13.2. The van der Waals surface area contributed by atoms with Gasteiger partial charge in [0.2, 0.25) is 0 Å². The first-order valence-electron chi connectivity index (χ1n) is 7.15. The molecular formula is C18H22ClN. The van der Waals surface area contributed by atoms with Crippen molar-refractivity contribution in [3.05, 3.63) is 69.7 Å². The Bertz CT molecular complexity index is 577. The number of hydrogen-bond donors (Lipinski definition) is 1. The molecule has 0 aliphatic rings. The maximum Gasteiger partial charge on any atom is 0.0438 e. The predicted molar refractivity (Wildman–Crippen MR) is 87.5 cm³/mol. The van der Waals surface area contributed by atoms with Gasteiger partial charge in [0.05, 0.1) is 0 Å². The van der Waals surface area contributed by atoms with Crippen molar-refractivity contribution in [1.29, 1.82) is 0 Å². The number of likely N-dealkylation sites (N-methyl/N-ethyl adjacent to an activating group) is 1. The number of nitrogens with one attached hydrogen (secondary N) is 1. The standard InChI is InChI=1S/C18H22ClN/c1-4-20-18(12-15-7-5-6-8-17(15)19)16-10-9-13(2)14(3)11-16/h5-11,18,20H,4,12H2,1-3H3. The molecule has 2 heteroatoms. The minimum absolute atomic E-state index is 0.305. The van der Waals surface area contributed by atoms with Gasteiger partial charge in [-0.1, -0.05) is 54.9 Å². The number of halogens is 1. The molecular weight excluding hydrogens is 266 g/mol. The molecule has 0 saturated carbocycles. The molecule has 2 aromatic carbocycles. The number of hydrogen-bond acceptors (Lipinski definition) is 1. The van der Waals surface area contributed by atoms with Gasteiger partial charge < -0.3 is 5.32 Å². The first-order chi connectivity index (χ1) is 9.61. The van der Waals surface area contributed by atoms with E-state index in [1.807, 2.05) is 18.2 Å². The third-order valence-electron chi connectivity index (χ3n) is 3.77. The summed E-state index contributed by atoms with van der Waals surface area (Å²) in [5, 5.41) is 4.41. The molecule has 0 bridgehead atoms. The largest absolute Gasteiger partial charge is 0.310 e. The van der Waals surface area contributed by atoms with Gasteiger partial charge in [-0.2, -0.15) is 0 Å². The van der Waals surface area contributed by atoms with Gasteiger partial charge in [-0.3, -0.25) is 0 Å². The quantitative estimate of drug-likeness (QED) is 0.829. The molecule has 0 spiro atoms. The summed E-state index contributed by atoms with van der Waals surface area (Å²) in [6.45, 7) is 7.40. The van der Waals surface area contributed by atoms with Crippen LogP contribution in [0.3, 0.4) is 0 Å². The molecule has 106 valence electrons. The van der Waals surface area contributed by atoms with Gasteiger partial charge in [-0.25, -0.2) is 0 Å². The Morgan fingerprint density at radius 3 is 2.45 bits per heavy atom. The summed E-state index contributed by atoms with van der Waals surface area (Å²) < 4.78 is 0. The summed E-state index contributed by atoms with van der Waals surface area (Å²) in [7, 11) is 0. The fraction of sp³-hybridized carbons (Fsp3) is 0.333. The fourth-order valence-electron chi connectivity index (χ4n) is 2.42. The molecule has 0 aliphatic carbocycles. The SMILES string of the molecule is CCNC(Cc1ccccc1Cl)c1ccc(C)c(C)c1. The normalized spacial score (nSPS) is 12.4. The van der Waals surface area contributed by atoms with Crippen LogP contribution in [-0.2, 0) is 6.42 Å². The lowest BCUT2D eigenvalue weighted by Gasteiger charge is -2.20.